The lowest BCUT2D eigenvalue weighted by Gasteiger charge is -2.13. The van der Waals surface area contributed by atoms with Gasteiger partial charge in [-0.25, -0.2) is 0 Å². The maximum Gasteiger partial charge on any atom is 0.161 e. The molecule has 0 saturated heterocycles. The zero-order valence-electron chi connectivity index (χ0n) is 70.3. The van der Waals surface area contributed by atoms with Crippen molar-refractivity contribution in [3.8, 4) is 59.1 Å². The normalized spacial score (nSPS) is 15.0. The summed E-state index contributed by atoms with van der Waals surface area (Å²) >= 11 is 0. The van der Waals surface area contributed by atoms with Crippen molar-refractivity contribution in [3.05, 3.63) is 147 Å². The highest BCUT2D eigenvalue weighted by atomic mass is 16.6. The summed E-state index contributed by atoms with van der Waals surface area (Å²) in [6.45, 7) is 7.66. The molecule has 0 unspecified atom stereocenters. The molecule has 0 atom stereocenters. The number of hydrogen-bond acceptors (Lipinski definition) is 14. The van der Waals surface area contributed by atoms with E-state index in [1.54, 1.807) is 85.0 Å². The van der Waals surface area contributed by atoms with Gasteiger partial charge in [0.15, 0.2) is 11.5 Å². The minimum absolute atomic E-state index is 0.0285. The number of nitriles is 5. The maximum absolute atomic E-state index is 11.3. The van der Waals surface area contributed by atoms with Crippen molar-refractivity contribution in [3.63, 3.8) is 0 Å². The molecule has 0 saturated carbocycles. The molecular formula is C77H89N45O5. The van der Waals surface area contributed by atoms with E-state index in [-0.39, 0.29) is 61.6 Å². The van der Waals surface area contributed by atoms with Crippen LogP contribution in [0.3, 0.4) is 0 Å². The summed E-state index contributed by atoms with van der Waals surface area (Å²) in [5, 5.41) is 186. The Kier molecular flexibility index (Phi) is 50.8. The average molecular weight is 1720 g/mol. The Morgan fingerprint density at radius 3 is 0.575 bits per heavy atom. The van der Waals surface area contributed by atoms with E-state index in [0.29, 0.717) is 70.4 Å². The first-order valence-corrected chi connectivity index (χ1v) is 40.0. The van der Waals surface area contributed by atoms with Crippen molar-refractivity contribution in [2.24, 2.45) is 209 Å². The fraction of sp³-hybridized carbons (Fsp3) is 0.416. The molecule has 0 radical (unpaired) electrons. The van der Waals surface area contributed by atoms with Crippen molar-refractivity contribution in [2.75, 3.05) is 33.9 Å². The molecule has 5 aromatic rings. The van der Waals surface area contributed by atoms with E-state index in [1.807, 2.05) is 6.07 Å². The molecule has 127 heavy (non-hydrogen) atoms. The predicted octanol–water partition coefficient (Wildman–Crippen LogP) is 28.2. The number of rotatable bonds is 52. The third-order valence-electron chi connectivity index (χ3n) is 17.1. The molecule has 0 fully saturated rings. The second-order valence-electron chi connectivity index (χ2n) is 26.2. The summed E-state index contributed by atoms with van der Waals surface area (Å²) < 4.78 is 19.6. The molecule has 1 aliphatic carbocycles. The first kappa shape index (κ1) is 99.1. The van der Waals surface area contributed by atoms with Gasteiger partial charge in [-0.3, -0.25) is 0 Å². The van der Waals surface area contributed by atoms with Crippen LogP contribution in [0.25, 0.3) is 58.2 Å². The number of benzene rings is 5. The summed E-state index contributed by atoms with van der Waals surface area (Å²) in [6.07, 6.45) is 33.7. The van der Waals surface area contributed by atoms with Gasteiger partial charge in [-0.1, -0.05) is 156 Å². The fourth-order valence-electron chi connectivity index (χ4n) is 11.5. The average Bonchev–Trinajstić information content (AvgIpc) is 1.09. The number of ether oxygens (including phenoxy) is 3. The Morgan fingerprint density at radius 2 is 0.378 bits per heavy atom. The Labute approximate surface area is 728 Å². The van der Waals surface area contributed by atoms with Crippen molar-refractivity contribution in [1.29, 1.82) is 26.3 Å². The van der Waals surface area contributed by atoms with Crippen molar-refractivity contribution in [2.45, 2.75) is 175 Å². The smallest absolute Gasteiger partial charge is 0.161 e. The highest BCUT2D eigenvalue weighted by Gasteiger charge is 2.17. The van der Waals surface area contributed by atoms with Gasteiger partial charge in [0.25, 0.3) is 0 Å². The van der Waals surface area contributed by atoms with Crippen LogP contribution in [0, 0.1) is 56.7 Å². The van der Waals surface area contributed by atoms with Gasteiger partial charge in [-0.15, -0.1) is 0 Å². The lowest BCUT2D eigenvalue weighted by Crippen LogP contribution is -2.00. The van der Waals surface area contributed by atoms with E-state index in [0.717, 1.165) is 109 Å². The molecule has 1 aliphatic rings. The quantitative estimate of drug-likeness (QED) is 0.0201. The summed E-state index contributed by atoms with van der Waals surface area (Å²) in [7, 11) is 2.75. The molecule has 0 N–H and O–H groups in total. The van der Waals surface area contributed by atoms with Crippen LogP contribution in [0.1, 0.15) is 231 Å². The van der Waals surface area contributed by atoms with Crippen molar-refractivity contribution in [1.82, 2.24) is 0 Å². The van der Waals surface area contributed by atoms with E-state index < -0.39 is 0 Å². The van der Waals surface area contributed by atoms with Crippen LogP contribution in [0.2, 0.25) is 0 Å². The molecule has 0 aliphatic heterocycles. The molecular weight excluding hydrogens is 1640 g/mol. The fourth-order valence-corrected chi connectivity index (χ4v) is 11.5. The van der Waals surface area contributed by atoms with E-state index in [2.05, 4.69) is 260 Å². The van der Waals surface area contributed by atoms with Crippen molar-refractivity contribution >= 4 is 58.2 Å². The minimum atomic E-state index is -0.0497. The summed E-state index contributed by atoms with van der Waals surface area (Å²) in [5.41, 5.74) is 4.24. The van der Waals surface area contributed by atoms with Gasteiger partial charge in [0.1, 0.15) is 17.2 Å². The minimum Gasteiger partial charge on any atom is -0.494 e. The molecule has 5 aromatic carbocycles. The first-order chi connectivity index (χ1) is 62.7. The highest BCUT2D eigenvalue weighted by Crippen LogP contribution is 2.36. The number of hydrogen-bond donors (Lipinski definition) is 0. The monoisotopic (exact) mass is 1720 g/mol. The zero-order chi connectivity index (χ0) is 90.1. The Balaban J connectivity index is 1.54. The van der Waals surface area contributed by atoms with E-state index in [9.17, 15) is 26.3 Å². The van der Waals surface area contributed by atoms with Gasteiger partial charge in [-0.05, 0) is 280 Å². The summed E-state index contributed by atoms with van der Waals surface area (Å²) in [5.74, 6) is 1.18. The molecule has 6 rings (SSSR count). The zero-order valence-corrected chi connectivity index (χ0v) is 70.3. The van der Waals surface area contributed by atoms with Crippen LogP contribution >= 0.6 is 0 Å². The second-order valence-corrected chi connectivity index (χ2v) is 26.2. The molecule has 0 heterocycles. The molecule has 0 aromatic heterocycles. The maximum atomic E-state index is 11.3. The Bertz CT molecular complexity index is 5220. The number of nitrogens with zero attached hydrogens (tertiary/aromatic N) is 45. The highest BCUT2D eigenvalue weighted by molar-refractivity contribution is 5.98. The number of allylic oxidation sites excluding steroid dienone is 5. The van der Waals surface area contributed by atoms with E-state index >= 15 is 0 Å². The van der Waals surface area contributed by atoms with Gasteiger partial charge in [-0.2, -0.15) is 36.5 Å². The van der Waals surface area contributed by atoms with Gasteiger partial charge in [0.2, 0.25) is 0 Å². The lowest BCUT2D eigenvalue weighted by atomic mass is 9.96. The molecule has 0 spiro atoms. The SMILES string of the molecule is CCCCCCCCCCOc1cc2cc(c1)C(C#N)=Cc1cc(OCCCCCCCCCC)cc(c1)/C(C#N)=C/c1cc(OCCCCCCCCCC)cc(c1)/C(C#N)=C/c1cc(ON=NN=NN=NN=NN=NN=NN=NN=NN=NN=NC)cc(c1)/C(C#N)=C/c1cc(ON=NN=NN=NN=NN=NN=NN=NN=NN=NN=NC)cc(c1)/C(C#N)=C/2. The van der Waals surface area contributed by atoms with Crippen LogP contribution in [0.5, 0.6) is 28.7 Å². The molecule has 50 nitrogen and oxygen atoms in total. The van der Waals surface area contributed by atoms with Crippen LogP contribution in [0.15, 0.2) is 300 Å². The van der Waals surface area contributed by atoms with Crippen LogP contribution in [0.4, 0.5) is 0 Å². The molecule has 0 amide bonds. The molecule has 50 heteroatoms. The van der Waals surface area contributed by atoms with Crippen LogP contribution in [-0.4, -0.2) is 33.9 Å². The Morgan fingerprint density at radius 1 is 0.205 bits per heavy atom. The van der Waals surface area contributed by atoms with E-state index in [1.165, 1.54) is 89.4 Å². The van der Waals surface area contributed by atoms with Crippen LogP contribution < -0.4 is 23.9 Å². The topological polar surface area (TPSA) is 660 Å². The summed E-state index contributed by atoms with van der Waals surface area (Å²) in [6, 6.07) is 36.9. The predicted molar refractivity (Wildman–Crippen MR) is 454 cm³/mol. The molecule has 10 bridgehead atoms. The largest absolute Gasteiger partial charge is 0.494 e. The standard InChI is InChI=1S/C77H89N45O5/c1-6-9-12-15-18-21-24-27-30-123-73-43-58-33-63(48-73)68(53-78)39-59-34-65(50-74(44-59)124-31-28-25-22-19-16-13-10-7-2)70(55-80)41-61-36-67(52-76(46-61)126-121-119-117-115-113-111-109-107-105-103-101-99-97-95-93-91-89-87-85-83-4)72(57-82)42-62-37-66(51-77(47-62)127-122-120-118-116-114-112-110-108-106-104-102-100-98-96-94-92-90-88-86-84-5)71(56-81)40-60-35-64(69(38-58)54-79)49-75(45-60)125-32-29-26-23-20-17-14-11-8-3/h33-52H,6-32H2,1-5H3/b68-39+,69-38?,70-41+,71-40+,72-42+,85-83?,86-84?,89-87?,90-88?,93-91?,94-92?,97-95?,98-96?,101-99?,102-100?,105-103?,106-104?,109-107?,110-108?,113-111?,114-112?,117-115?,118-116?,121-119?,122-120?. The third-order valence-corrected chi connectivity index (χ3v) is 17.1. The van der Waals surface area contributed by atoms with Crippen LogP contribution in [-0.2, 0) is 0 Å². The van der Waals surface area contributed by atoms with Gasteiger partial charge < -0.3 is 23.9 Å². The van der Waals surface area contributed by atoms with Crippen molar-refractivity contribution < 1.29 is 23.9 Å². The van der Waals surface area contributed by atoms with Gasteiger partial charge in [0, 0.05) is 104 Å². The molecule has 652 valence electrons. The first-order valence-electron chi connectivity index (χ1n) is 40.0. The third kappa shape index (κ3) is 43.4. The number of fused-ring (bicyclic) bond motifs is 10. The van der Waals surface area contributed by atoms with E-state index in [4.69, 9.17) is 23.9 Å². The van der Waals surface area contributed by atoms with Gasteiger partial charge in [0.05, 0.1) is 103 Å². The number of unbranched alkanes of at least 4 members (excludes halogenated alkanes) is 21. The lowest BCUT2D eigenvalue weighted by molar-refractivity contribution is 0.303. The Hall–Kier alpha value is -16.7. The second kappa shape index (κ2) is 65.1. The summed E-state index contributed by atoms with van der Waals surface area (Å²) in [4.78, 5) is 11.5. The van der Waals surface area contributed by atoms with Gasteiger partial charge >= 0.3 is 0 Å².